The third kappa shape index (κ3) is 3.42. The molecule has 0 amide bonds. The molecule has 3 aliphatic rings. The number of imidazole rings is 1. The smallest absolute Gasteiger partial charge is 0.387 e. The van der Waals surface area contributed by atoms with Crippen LogP contribution < -0.4 is 9.64 Å². The number of ether oxygens (including phenoxy) is 2. The maximum Gasteiger partial charge on any atom is 0.387 e. The van der Waals surface area contributed by atoms with Crippen molar-refractivity contribution in [2.75, 3.05) is 31.2 Å². The molecule has 7 rings (SSSR count). The van der Waals surface area contributed by atoms with Crippen molar-refractivity contribution in [1.82, 2.24) is 19.5 Å². The van der Waals surface area contributed by atoms with Crippen LogP contribution in [-0.4, -0.2) is 52.4 Å². The minimum atomic E-state index is -2.91. The molecule has 2 fully saturated rings. The van der Waals surface area contributed by atoms with E-state index in [-0.39, 0.29) is 23.6 Å². The molecule has 7 nitrogen and oxygen atoms in total. The summed E-state index contributed by atoms with van der Waals surface area (Å²) in [5, 5.41) is 0. The molecule has 0 radical (unpaired) electrons. The van der Waals surface area contributed by atoms with Gasteiger partial charge in [0, 0.05) is 54.2 Å². The number of morpholine rings is 1. The second-order valence-electron chi connectivity index (χ2n) is 9.40. The van der Waals surface area contributed by atoms with E-state index in [1.807, 2.05) is 17.0 Å². The first-order valence-corrected chi connectivity index (χ1v) is 12.0. The van der Waals surface area contributed by atoms with Gasteiger partial charge in [-0.3, -0.25) is 0 Å². The molecule has 4 heterocycles. The number of rotatable bonds is 5. The van der Waals surface area contributed by atoms with Gasteiger partial charge in [0.25, 0.3) is 0 Å². The normalized spacial score (nSPS) is 22.7. The van der Waals surface area contributed by atoms with Crippen molar-refractivity contribution in [3.05, 3.63) is 66.0 Å². The van der Waals surface area contributed by atoms with Gasteiger partial charge in [-0.15, -0.1) is 0 Å². The van der Waals surface area contributed by atoms with Gasteiger partial charge in [-0.2, -0.15) is 8.78 Å². The van der Waals surface area contributed by atoms with Crippen molar-refractivity contribution in [2.45, 2.75) is 25.0 Å². The lowest BCUT2D eigenvalue weighted by Gasteiger charge is -2.26. The molecule has 3 atom stereocenters. The topological polar surface area (TPSA) is 65.3 Å². The van der Waals surface area contributed by atoms with Crippen molar-refractivity contribution >= 4 is 17.0 Å². The molecule has 0 N–H and O–H groups in total. The van der Waals surface area contributed by atoms with Crippen LogP contribution in [0.1, 0.15) is 29.8 Å². The third-order valence-electron chi connectivity index (χ3n) is 7.36. The van der Waals surface area contributed by atoms with Crippen molar-refractivity contribution < 1.29 is 22.6 Å². The standard InChI is InChI=1S/C26H22F3N5O2/c27-19-11-20-21(10-16(19)14-12-30-26(31-13-14)33-5-7-35-8-6-33)34-23(17-9-18(17)24(34)32-20)15-3-1-2-4-22(15)36-25(28)29/h1-4,10-13,17-18,23,25H,5-9H2/t17-,18+,23-/m1/s1. The van der Waals surface area contributed by atoms with E-state index in [1.165, 1.54) is 6.07 Å². The molecule has 0 bridgehead atoms. The van der Waals surface area contributed by atoms with E-state index in [0.29, 0.717) is 54.5 Å². The molecular weight excluding hydrogens is 471 g/mol. The van der Waals surface area contributed by atoms with Crippen molar-refractivity contribution in [3.8, 4) is 16.9 Å². The fourth-order valence-electron chi connectivity index (χ4n) is 5.65. The summed E-state index contributed by atoms with van der Waals surface area (Å²) in [7, 11) is 0. The Morgan fingerprint density at radius 1 is 1.06 bits per heavy atom. The van der Waals surface area contributed by atoms with E-state index in [1.54, 1.807) is 30.6 Å². The second-order valence-corrected chi connectivity index (χ2v) is 9.40. The van der Waals surface area contributed by atoms with E-state index in [4.69, 9.17) is 14.5 Å². The first kappa shape index (κ1) is 21.6. The molecule has 2 aromatic heterocycles. The summed E-state index contributed by atoms with van der Waals surface area (Å²) in [6.45, 7) is -0.249. The van der Waals surface area contributed by atoms with Crippen molar-refractivity contribution in [1.29, 1.82) is 0 Å². The molecule has 2 aromatic carbocycles. The molecule has 4 aromatic rings. The predicted octanol–water partition coefficient (Wildman–Crippen LogP) is 4.78. The molecule has 0 unspecified atom stereocenters. The summed E-state index contributed by atoms with van der Waals surface area (Å²) >= 11 is 0. The van der Waals surface area contributed by atoms with Crippen LogP contribution in [0.2, 0.25) is 0 Å². The maximum absolute atomic E-state index is 15.2. The van der Waals surface area contributed by atoms with Crippen molar-refractivity contribution in [2.24, 2.45) is 5.92 Å². The summed E-state index contributed by atoms with van der Waals surface area (Å²) in [5.41, 5.74) is 2.91. The summed E-state index contributed by atoms with van der Waals surface area (Å²) < 4.78 is 53.7. The van der Waals surface area contributed by atoms with Crippen LogP contribution >= 0.6 is 0 Å². The number of halogens is 3. The summed E-state index contributed by atoms with van der Waals surface area (Å²) in [6, 6.07) is 9.88. The Morgan fingerprint density at radius 2 is 1.83 bits per heavy atom. The van der Waals surface area contributed by atoms with Gasteiger partial charge < -0.3 is 18.9 Å². The fraction of sp³-hybridized carbons (Fsp3) is 0.346. The van der Waals surface area contributed by atoms with Crippen LogP contribution in [0, 0.1) is 11.7 Å². The highest BCUT2D eigenvalue weighted by molar-refractivity contribution is 5.84. The van der Waals surface area contributed by atoms with Crippen LogP contribution in [0.25, 0.3) is 22.2 Å². The molecule has 0 spiro atoms. The van der Waals surface area contributed by atoms with Crippen LogP contribution in [-0.2, 0) is 4.74 Å². The number of hydrogen-bond donors (Lipinski definition) is 0. The zero-order valence-electron chi connectivity index (χ0n) is 19.2. The molecule has 1 saturated heterocycles. The van der Waals surface area contributed by atoms with Crippen LogP contribution in [0.5, 0.6) is 5.75 Å². The van der Waals surface area contributed by atoms with Crippen molar-refractivity contribution in [3.63, 3.8) is 0 Å². The molecule has 10 heteroatoms. The summed E-state index contributed by atoms with van der Waals surface area (Å²) in [4.78, 5) is 15.7. The highest BCUT2D eigenvalue weighted by atomic mass is 19.3. The highest BCUT2D eigenvalue weighted by Crippen LogP contribution is 2.63. The summed E-state index contributed by atoms with van der Waals surface area (Å²) in [5.74, 6) is 1.68. The Balaban J connectivity index is 1.30. The molecule has 1 aliphatic carbocycles. The largest absolute Gasteiger partial charge is 0.434 e. The zero-order chi connectivity index (χ0) is 24.4. The number of nitrogens with zero attached hydrogens (tertiary/aromatic N) is 5. The van der Waals surface area contributed by atoms with Gasteiger partial charge in [-0.25, -0.2) is 19.3 Å². The van der Waals surface area contributed by atoms with Gasteiger partial charge >= 0.3 is 6.61 Å². The van der Waals surface area contributed by atoms with Crippen LogP contribution in [0.4, 0.5) is 19.1 Å². The van der Waals surface area contributed by atoms with Gasteiger partial charge in [0.1, 0.15) is 17.4 Å². The quantitative estimate of drug-likeness (QED) is 0.399. The lowest BCUT2D eigenvalue weighted by atomic mass is 10.0. The van der Waals surface area contributed by atoms with Gasteiger partial charge in [-0.1, -0.05) is 18.2 Å². The number of benzene rings is 2. The maximum atomic E-state index is 15.2. The van der Waals surface area contributed by atoms with E-state index >= 15 is 4.39 Å². The van der Waals surface area contributed by atoms with E-state index < -0.39 is 12.4 Å². The van der Waals surface area contributed by atoms with Gasteiger partial charge in [0.2, 0.25) is 5.95 Å². The Hall–Kier alpha value is -3.66. The molecule has 2 aliphatic heterocycles. The first-order chi connectivity index (χ1) is 17.6. The lowest BCUT2D eigenvalue weighted by Crippen LogP contribution is -2.37. The van der Waals surface area contributed by atoms with Crippen LogP contribution in [0.15, 0.2) is 48.8 Å². The lowest BCUT2D eigenvalue weighted by molar-refractivity contribution is -0.0507. The van der Waals surface area contributed by atoms with Gasteiger partial charge in [0.15, 0.2) is 0 Å². The van der Waals surface area contributed by atoms with Gasteiger partial charge in [0.05, 0.1) is 30.3 Å². The number of anilines is 1. The number of alkyl halides is 2. The van der Waals surface area contributed by atoms with Crippen LogP contribution in [0.3, 0.4) is 0 Å². The average Bonchev–Trinajstić information content (AvgIpc) is 3.50. The number of hydrogen-bond acceptors (Lipinski definition) is 6. The highest BCUT2D eigenvalue weighted by Gasteiger charge is 2.55. The first-order valence-electron chi connectivity index (χ1n) is 12.0. The van der Waals surface area contributed by atoms with E-state index in [0.717, 1.165) is 17.8 Å². The second kappa shape index (κ2) is 8.19. The SMILES string of the molecule is Fc1cc2nc3n(c2cc1-c1cnc(N2CCOCC2)nc1)[C@H](c1ccccc1OC(F)F)[C@@H]1C[C@H]31. The third-order valence-corrected chi connectivity index (χ3v) is 7.36. The average molecular weight is 493 g/mol. The minimum absolute atomic E-state index is 0.160. The molecule has 184 valence electrons. The Labute approximate surface area is 204 Å². The Kier molecular flexibility index (Phi) is 4.92. The molecule has 1 saturated carbocycles. The molecular formula is C26H22F3N5O2. The Morgan fingerprint density at radius 3 is 2.61 bits per heavy atom. The zero-order valence-corrected chi connectivity index (χ0v) is 19.2. The molecule has 36 heavy (non-hydrogen) atoms. The fourth-order valence-corrected chi connectivity index (χ4v) is 5.65. The Bertz CT molecular complexity index is 1450. The minimum Gasteiger partial charge on any atom is -0.434 e. The number of aromatic nitrogens is 4. The number of fused-ring (bicyclic) bond motifs is 5. The predicted molar refractivity (Wildman–Crippen MR) is 126 cm³/mol. The summed E-state index contributed by atoms with van der Waals surface area (Å²) in [6.07, 6.45) is 4.18. The van der Waals surface area contributed by atoms with E-state index in [9.17, 15) is 8.78 Å². The van der Waals surface area contributed by atoms with E-state index in [2.05, 4.69) is 14.5 Å². The monoisotopic (exact) mass is 493 g/mol. The number of para-hydroxylation sites is 1. The van der Waals surface area contributed by atoms with Gasteiger partial charge in [-0.05, 0) is 24.5 Å².